The predicted molar refractivity (Wildman–Crippen MR) is 97.9 cm³/mol. The molecule has 4 N–H and O–H groups in total. The summed E-state index contributed by atoms with van der Waals surface area (Å²) in [7, 11) is 0. The Morgan fingerprint density at radius 3 is 2.28 bits per heavy atom. The molecular formula is C19H23N3O3. The van der Waals surface area contributed by atoms with E-state index in [0.717, 1.165) is 11.1 Å². The number of nitrogens with one attached hydrogen (secondary N) is 2. The fraction of sp³-hybridized carbons (Fsp3) is 0.263. The van der Waals surface area contributed by atoms with Gasteiger partial charge in [-0.1, -0.05) is 17.2 Å². The van der Waals surface area contributed by atoms with E-state index in [2.05, 4.69) is 10.6 Å². The Balaban J connectivity index is 1.84. The molecule has 0 aliphatic heterocycles. The van der Waals surface area contributed by atoms with Gasteiger partial charge in [-0.2, -0.15) is 0 Å². The van der Waals surface area contributed by atoms with Crippen LogP contribution in [-0.4, -0.2) is 31.5 Å². The molecule has 2 aromatic rings. The van der Waals surface area contributed by atoms with Crippen molar-refractivity contribution in [1.82, 2.24) is 5.32 Å². The van der Waals surface area contributed by atoms with Crippen molar-refractivity contribution in [2.75, 3.05) is 25.0 Å². The Labute approximate surface area is 147 Å². The van der Waals surface area contributed by atoms with Gasteiger partial charge in [-0.05, 0) is 50.2 Å². The lowest BCUT2D eigenvalue weighted by Crippen LogP contribution is -2.32. The SMILES string of the molecule is Cc1cc(C)cc(C(=O)NCC(=O)Nc2ccc(OCCN)cc2)c1. The molecule has 6 heteroatoms. The van der Waals surface area contributed by atoms with Crippen LogP contribution >= 0.6 is 0 Å². The Kier molecular flexibility index (Phi) is 6.54. The van der Waals surface area contributed by atoms with E-state index < -0.39 is 0 Å². The van der Waals surface area contributed by atoms with Crippen LogP contribution in [0.3, 0.4) is 0 Å². The average Bonchev–Trinajstić information content (AvgIpc) is 2.58. The summed E-state index contributed by atoms with van der Waals surface area (Å²) in [5.41, 5.74) is 8.56. The molecule has 0 radical (unpaired) electrons. The number of hydrogen-bond donors (Lipinski definition) is 3. The van der Waals surface area contributed by atoms with E-state index in [1.165, 1.54) is 0 Å². The first kappa shape index (κ1) is 18.5. The van der Waals surface area contributed by atoms with Crippen molar-refractivity contribution >= 4 is 17.5 Å². The highest BCUT2D eigenvalue weighted by atomic mass is 16.5. The summed E-state index contributed by atoms with van der Waals surface area (Å²) in [6.45, 7) is 4.64. The summed E-state index contributed by atoms with van der Waals surface area (Å²) in [5, 5.41) is 5.34. The fourth-order valence-electron chi connectivity index (χ4n) is 2.38. The third-order valence-corrected chi connectivity index (χ3v) is 3.42. The molecule has 25 heavy (non-hydrogen) atoms. The Morgan fingerprint density at radius 1 is 1.04 bits per heavy atom. The second-order valence-corrected chi connectivity index (χ2v) is 5.77. The van der Waals surface area contributed by atoms with E-state index in [1.807, 2.05) is 19.9 Å². The summed E-state index contributed by atoms with van der Waals surface area (Å²) in [6.07, 6.45) is 0. The van der Waals surface area contributed by atoms with Gasteiger partial charge < -0.3 is 21.1 Å². The number of ether oxygens (including phenoxy) is 1. The zero-order valence-electron chi connectivity index (χ0n) is 14.5. The van der Waals surface area contributed by atoms with Crippen LogP contribution in [0.1, 0.15) is 21.5 Å². The first-order valence-electron chi connectivity index (χ1n) is 8.07. The molecular weight excluding hydrogens is 318 g/mol. The number of nitrogens with two attached hydrogens (primary N) is 1. The van der Waals surface area contributed by atoms with Gasteiger partial charge in [-0.25, -0.2) is 0 Å². The minimum absolute atomic E-state index is 0.1000. The average molecular weight is 341 g/mol. The topological polar surface area (TPSA) is 93.5 Å². The van der Waals surface area contributed by atoms with Crippen LogP contribution in [0, 0.1) is 13.8 Å². The molecule has 0 saturated carbocycles. The summed E-state index contributed by atoms with van der Waals surface area (Å²) < 4.78 is 5.37. The number of amides is 2. The largest absolute Gasteiger partial charge is 0.492 e. The van der Waals surface area contributed by atoms with Crippen molar-refractivity contribution in [3.8, 4) is 5.75 Å². The van der Waals surface area contributed by atoms with Crippen LogP contribution in [0.4, 0.5) is 5.69 Å². The van der Waals surface area contributed by atoms with E-state index >= 15 is 0 Å². The van der Waals surface area contributed by atoms with Crippen LogP contribution < -0.4 is 21.1 Å². The Bertz CT molecular complexity index is 722. The third kappa shape index (κ3) is 5.93. The molecule has 132 valence electrons. The molecule has 0 unspecified atom stereocenters. The molecule has 6 nitrogen and oxygen atoms in total. The van der Waals surface area contributed by atoms with Gasteiger partial charge in [0.25, 0.3) is 5.91 Å². The summed E-state index contributed by atoms with van der Waals surface area (Å²) in [6, 6.07) is 12.5. The van der Waals surface area contributed by atoms with Crippen LogP contribution in [-0.2, 0) is 4.79 Å². The third-order valence-electron chi connectivity index (χ3n) is 3.42. The minimum Gasteiger partial charge on any atom is -0.492 e. The molecule has 0 heterocycles. The Morgan fingerprint density at radius 2 is 1.68 bits per heavy atom. The predicted octanol–water partition coefficient (Wildman–Crippen LogP) is 2.01. The molecule has 0 aliphatic rings. The van der Waals surface area contributed by atoms with Crippen molar-refractivity contribution in [3.63, 3.8) is 0 Å². The lowest BCUT2D eigenvalue weighted by atomic mass is 10.1. The summed E-state index contributed by atoms with van der Waals surface area (Å²) in [5.74, 6) is 0.118. The van der Waals surface area contributed by atoms with Crippen molar-refractivity contribution in [3.05, 3.63) is 59.2 Å². The van der Waals surface area contributed by atoms with Crippen molar-refractivity contribution in [2.24, 2.45) is 5.73 Å². The molecule has 0 saturated heterocycles. The molecule has 0 aromatic heterocycles. The molecule has 0 aliphatic carbocycles. The van der Waals surface area contributed by atoms with Crippen LogP contribution in [0.25, 0.3) is 0 Å². The zero-order chi connectivity index (χ0) is 18.2. The van der Waals surface area contributed by atoms with E-state index in [-0.39, 0.29) is 18.4 Å². The van der Waals surface area contributed by atoms with Gasteiger partial charge in [0.2, 0.25) is 5.91 Å². The van der Waals surface area contributed by atoms with E-state index in [0.29, 0.717) is 30.2 Å². The first-order valence-corrected chi connectivity index (χ1v) is 8.07. The first-order chi connectivity index (χ1) is 12.0. The molecule has 0 atom stereocenters. The van der Waals surface area contributed by atoms with Gasteiger partial charge in [0.15, 0.2) is 0 Å². The van der Waals surface area contributed by atoms with Gasteiger partial charge in [-0.15, -0.1) is 0 Å². The van der Waals surface area contributed by atoms with Gasteiger partial charge in [0.1, 0.15) is 12.4 Å². The van der Waals surface area contributed by atoms with Crippen molar-refractivity contribution in [2.45, 2.75) is 13.8 Å². The van der Waals surface area contributed by atoms with Gasteiger partial charge in [0, 0.05) is 17.8 Å². The molecule has 2 aromatic carbocycles. The molecule has 0 bridgehead atoms. The van der Waals surface area contributed by atoms with Crippen molar-refractivity contribution in [1.29, 1.82) is 0 Å². The van der Waals surface area contributed by atoms with E-state index in [1.54, 1.807) is 36.4 Å². The number of carbonyl (C=O) groups is 2. The molecule has 2 amide bonds. The standard InChI is InChI=1S/C19H23N3O3/c1-13-9-14(2)11-15(10-13)19(24)21-12-18(23)22-16-3-5-17(6-4-16)25-8-7-20/h3-6,9-11H,7-8,12,20H2,1-2H3,(H,21,24)(H,22,23). The van der Waals surface area contributed by atoms with Crippen molar-refractivity contribution < 1.29 is 14.3 Å². The quantitative estimate of drug-likeness (QED) is 0.718. The highest BCUT2D eigenvalue weighted by molar-refractivity contribution is 5.99. The molecule has 0 fully saturated rings. The normalized spacial score (nSPS) is 10.2. The Hall–Kier alpha value is -2.86. The molecule has 0 spiro atoms. The maximum Gasteiger partial charge on any atom is 0.251 e. The number of hydrogen-bond acceptors (Lipinski definition) is 4. The highest BCUT2D eigenvalue weighted by Crippen LogP contribution is 2.15. The fourth-order valence-corrected chi connectivity index (χ4v) is 2.38. The molecule has 2 rings (SSSR count). The maximum atomic E-state index is 12.1. The number of anilines is 1. The second-order valence-electron chi connectivity index (χ2n) is 5.77. The number of benzene rings is 2. The van der Waals surface area contributed by atoms with Crippen LogP contribution in [0.15, 0.2) is 42.5 Å². The lowest BCUT2D eigenvalue weighted by molar-refractivity contribution is -0.115. The van der Waals surface area contributed by atoms with E-state index in [9.17, 15) is 9.59 Å². The summed E-state index contributed by atoms with van der Waals surface area (Å²) >= 11 is 0. The van der Waals surface area contributed by atoms with Gasteiger partial charge in [0.05, 0.1) is 6.54 Å². The summed E-state index contributed by atoms with van der Waals surface area (Å²) in [4.78, 5) is 24.1. The second kappa shape index (κ2) is 8.84. The maximum absolute atomic E-state index is 12.1. The monoisotopic (exact) mass is 341 g/mol. The van der Waals surface area contributed by atoms with Crippen LogP contribution in [0.2, 0.25) is 0 Å². The van der Waals surface area contributed by atoms with Gasteiger partial charge >= 0.3 is 0 Å². The number of rotatable bonds is 7. The number of carbonyl (C=O) groups excluding carboxylic acids is 2. The lowest BCUT2D eigenvalue weighted by Gasteiger charge is -2.09. The smallest absolute Gasteiger partial charge is 0.251 e. The minimum atomic E-state index is -0.298. The van der Waals surface area contributed by atoms with Gasteiger partial charge in [-0.3, -0.25) is 9.59 Å². The zero-order valence-corrected chi connectivity index (χ0v) is 14.5. The number of aryl methyl sites for hydroxylation is 2. The van der Waals surface area contributed by atoms with E-state index in [4.69, 9.17) is 10.5 Å². The van der Waals surface area contributed by atoms with Crippen LogP contribution in [0.5, 0.6) is 5.75 Å². The highest BCUT2D eigenvalue weighted by Gasteiger charge is 2.09.